The number of amides is 2. The third-order valence-corrected chi connectivity index (χ3v) is 6.18. The van der Waals surface area contributed by atoms with Gasteiger partial charge in [0.2, 0.25) is 0 Å². The van der Waals surface area contributed by atoms with Crippen molar-refractivity contribution in [2.45, 2.75) is 17.9 Å². The summed E-state index contributed by atoms with van der Waals surface area (Å²) in [4.78, 5) is 31.0. The first-order valence-corrected chi connectivity index (χ1v) is 11.6. The van der Waals surface area contributed by atoms with E-state index in [1.54, 1.807) is 30.5 Å². The summed E-state index contributed by atoms with van der Waals surface area (Å²) in [5.74, 6) is 0.553. The van der Waals surface area contributed by atoms with E-state index in [1.165, 1.54) is 11.8 Å². The lowest BCUT2D eigenvalue weighted by Gasteiger charge is -2.32. The minimum atomic E-state index is -0.209. The zero-order valence-electron chi connectivity index (χ0n) is 16.6. The second-order valence-corrected chi connectivity index (χ2v) is 8.60. The Morgan fingerprint density at radius 1 is 1.27 bits per heavy atom. The first-order chi connectivity index (χ1) is 14.5. The van der Waals surface area contributed by atoms with Crippen molar-refractivity contribution in [1.82, 2.24) is 15.2 Å². The first-order valence-electron chi connectivity index (χ1n) is 9.60. The summed E-state index contributed by atoms with van der Waals surface area (Å²) in [6, 6.07) is 8.47. The van der Waals surface area contributed by atoms with E-state index in [-0.39, 0.29) is 18.4 Å². The van der Waals surface area contributed by atoms with Crippen molar-refractivity contribution in [1.29, 1.82) is 0 Å². The normalized spacial score (nSPS) is 14.4. The molecular weight excluding hydrogens is 445 g/mol. The molecule has 160 valence electrons. The summed E-state index contributed by atoms with van der Waals surface area (Å²) >= 11 is 13.4. The third kappa shape index (κ3) is 6.03. The zero-order valence-corrected chi connectivity index (χ0v) is 18.9. The number of carbonyl (C=O) groups excluding carboxylic acids is 2. The number of likely N-dealkylation sites (tertiary alicyclic amines) is 1. The van der Waals surface area contributed by atoms with Gasteiger partial charge >= 0.3 is 0 Å². The van der Waals surface area contributed by atoms with Crippen LogP contribution in [-0.4, -0.2) is 54.2 Å². The number of halogens is 2. The molecule has 1 aliphatic rings. The summed E-state index contributed by atoms with van der Waals surface area (Å²) in [6.45, 7) is 1.77. The van der Waals surface area contributed by atoms with Crippen molar-refractivity contribution in [3.05, 3.63) is 52.1 Å². The van der Waals surface area contributed by atoms with Gasteiger partial charge in [0.15, 0.2) is 6.61 Å². The number of benzene rings is 1. The van der Waals surface area contributed by atoms with Gasteiger partial charge in [0.25, 0.3) is 11.8 Å². The molecule has 30 heavy (non-hydrogen) atoms. The van der Waals surface area contributed by atoms with Crippen molar-refractivity contribution >= 4 is 46.8 Å². The molecule has 0 atom stereocenters. The monoisotopic (exact) mass is 467 g/mol. The molecule has 0 saturated carbocycles. The molecule has 1 aromatic carbocycles. The number of hydrogen-bond donors (Lipinski definition) is 1. The Labute approximate surface area is 190 Å². The van der Waals surface area contributed by atoms with E-state index in [0.717, 1.165) is 17.9 Å². The Hall–Kier alpha value is -1.96. The highest BCUT2D eigenvalue weighted by Crippen LogP contribution is 2.27. The molecule has 2 amide bonds. The Morgan fingerprint density at radius 2 is 2.03 bits per heavy atom. The average Bonchev–Trinajstić information content (AvgIpc) is 2.77. The molecule has 1 N–H and O–H groups in total. The van der Waals surface area contributed by atoms with Crippen LogP contribution >= 0.6 is 35.0 Å². The van der Waals surface area contributed by atoms with Gasteiger partial charge in [-0.1, -0.05) is 23.2 Å². The maximum absolute atomic E-state index is 12.8. The number of hydrogen-bond acceptors (Lipinski definition) is 5. The molecule has 6 nitrogen and oxygen atoms in total. The van der Waals surface area contributed by atoms with Gasteiger partial charge in [0, 0.05) is 30.9 Å². The lowest BCUT2D eigenvalue weighted by Crippen LogP contribution is -2.42. The molecule has 9 heteroatoms. The van der Waals surface area contributed by atoms with E-state index in [9.17, 15) is 9.59 Å². The maximum Gasteiger partial charge on any atom is 0.257 e. The molecule has 1 aromatic heterocycles. The Balaban J connectivity index is 1.41. The van der Waals surface area contributed by atoms with E-state index in [1.807, 2.05) is 17.2 Å². The van der Waals surface area contributed by atoms with Crippen LogP contribution in [0.5, 0.6) is 5.75 Å². The zero-order chi connectivity index (χ0) is 21.5. The summed E-state index contributed by atoms with van der Waals surface area (Å²) in [5.41, 5.74) is 0.648. The molecule has 0 unspecified atom stereocenters. The average molecular weight is 468 g/mol. The summed E-state index contributed by atoms with van der Waals surface area (Å²) in [6.07, 6.45) is 5.29. The van der Waals surface area contributed by atoms with E-state index in [4.69, 9.17) is 27.9 Å². The van der Waals surface area contributed by atoms with Crippen LogP contribution in [0.25, 0.3) is 0 Å². The molecule has 1 aliphatic heterocycles. The predicted octanol–water partition coefficient (Wildman–Crippen LogP) is 4.16. The van der Waals surface area contributed by atoms with Gasteiger partial charge in [-0.05, 0) is 55.3 Å². The molecule has 0 bridgehead atoms. The van der Waals surface area contributed by atoms with Gasteiger partial charge < -0.3 is 15.0 Å². The van der Waals surface area contributed by atoms with Crippen LogP contribution in [-0.2, 0) is 4.79 Å². The van der Waals surface area contributed by atoms with Gasteiger partial charge in [-0.3, -0.25) is 9.59 Å². The number of pyridine rings is 1. The summed E-state index contributed by atoms with van der Waals surface area (Å²) in [5, 5.41) is 4.52. The van der Waals surface area contributed by atoms with Crippen LogP contribution in [0.4, 0.5) is 0 Å². The topological polar surface area (TPSA) is 71.5 Å². The van der Waals surface area contributed by atoms with Crippen LogP contribution in [0.1, 0.15) is 23.2 Å². The maximum atomic E-state index is 12.8. The van der Waals surface area contributed by atoms with E-state index >= 15 is 0 Å². The molecule has 2 aromatic rings. The number of aromatic nitrogens is 1. The van der Waals surface area contributed by atoms with Gasteiger partial charge in [-0.25, -0.2) is 4.98 Å². The van der Waals surface area contributed by atoms with Crippen LogP contribution in [0.2, 0.25) is 10.0 Å². The molecule has 2 heterocycles. The molecule has 3 rings (SSSR count). The Bertz CT molecular complexity index is 905. The van der Waals surface area contributed by atoms with Crippen LogP contribution in [0, 0.1) is 5.92 Å². The van der Waals surface area contributed by atoms with Crippen molar-refractivity contribution in [3.8, 4) is 5.75 Å². The SMILES string of the molecule is CSc1ncccc1C(=O)N1CCC(CNC(=O)COc2ccc(Cl)cc2Cl)CC1. The lowest BCUT2D eigenvalue weighted by atomic mass is 9.96. The highest BCUT2D eigenvalue weighted by molar-refractivity contribution is 7.98. The Morgan fingerprint density at radius 3 is 2.73 bits per heavy atom. The van der Waals surface area contributed by atoms with Crippen molar-refractivity contribution in [2.24, 2.45) is 5.92 Å². The second kappa shape index (κ2) is 10.9. The van der Waals surface area contributed by atoms with E-state index in [2.05, 4.69) is 10.3 Å². The minimum Gasteiger partial charge on any atom is -0.482 e. The van der Waals surface area contributed by atoms with Crippen LogP contribution in [0.15, 0.2) is 41.6 Å². The smallest absolute Gasteiger partial charge is 0.257 e. The first kappa shape index (κ1) is 22.7. The molecular formula is C21H23Cl2N3O3S. The molecule has 0 radical (unpaired) electrons. The number of rotatable bonds is 7. The van der Waals surface area contributed by atoms with Crippen LogP contribution in [0.3, 0.4) is 0 Å². The lowest BCUT2D eigenvalue weighted by molar-refractivity contribution is -0.123. The number of nitrogens with zero attached hydrogens (tertiary/aromatic N) is 2. The molecule has 0 spiro atoms. The fraction of sp³-hybridized carbons (Fsp3) is 0.381. The highest BCUT2D eigenvalue weighted by Gasteiger charge is 2.25. The van der Waals surface area contributed by atoms with Gasteiger partial charge in [-0.2, -0.15) is 0 Å². The quantitative estimate of drug-likeness (QED) is 0.618. The van der Waals surface area contributed by atoms with Gasteiger partial charge in [0.05, 0.1) is 10.6 Å². The molecule has 0 aliphatic carbocycles. The number of ether oxygens (including phenoxy) is 1. The number of nitrogens with one attached hydrogen (secondary N) is 1. The largest absolute Gasteiger partial charge is 0.482 e. The molecule has 1 fully saturated rings. The Kier molecular flexibility index (Phi) is 8.24. The number of carbonyl (C=O) groups is 2. The van der Waals surface area contributed by atoms with Crippen molar-refractivity contribution in [3.63, 3.8) is 0 Å². The summed E-state index contributed by atoms with van der Waals surface area (Å²) in [7, 11) is 0. The standard InChI is InChI=1S/C21H23Cl2N3O3S/c1-30-20-16(3-2-8-24-20)21(28)26-9-6-14(7-10-26)12-25-19(27)13-29-18-5-4-15(22)11-17(18)23/h2-5,8,11,14H,6-7,9-10,12-13H2,1H3,(H,25,27). The predicted molar refractivity (Wildman–Crippen MR) is 120 cm³/mol. The fourth-order valence-electron chi connectivity index (χ4n) is 3.27. The number of piperidine rings is 1. The van der Waals surface area contributed by atoms with E-state index in [0.29, 0.717) is 46.9 Å². The van der Waals surface area contributed by atoms with Crippen molar-refractivity contribution < 1.29 is 14.3 Å². The van der Waals surface area contributed by atoms with Crippen molar-refractivity contribution in [2.75, 3.05) is 32.5 Å². The minimum absolute atomic E-state index is 0.0168. The third-order valence-electron chi connectivity index (χ3n) is 4.94. The molecule has 1 saturated heterocycles. The summed E-state index contributed by atoms with van der Waals surface area (Å²) < 4.78 is 5.45. The highest BCUT2D eigenvalue weighted by atomic mass is 35.5. The van der Waals surface area contributed by atoms with Gasteiger partial charge in [-0.15, -0.1) is 11.8 Å². The number of thioether (sulfide) groups is 1. The van der Waals surface area contributed by atoms with Gasteiger partial charge in [0.1, 0.15) is 10.8 Å². The second-order valence-electron chi connectivity index (χ2n) is 6.96. The van der Waals surface area contributed by atoms with E-state index < -0.39 is 0 Å². The fourth-order valence-corrected chi connectivity index (χ4v) is 4.28. The van der Waals surface area contributed by atoms with Crippen LogP contribution < -0.4 is 10.1 Å².